The molecule has 1 saturated heterocycles. The van der Waals surface area contributed by atoms with Crippen molar-refractivity contribution in [3.8, 4) is 11.8 Å². The topological polar surface area (TPSA) is 20.3 Å². The number of carbonyl (C=O) groups is 1. The van der Waals surface area contributed by atoms with Crippen molar-refractivity contribution in [2.24, 2.45) is 5.92 Å². The number of nitrogens with zero attached hydrogens (tertiary/aromatic N) is 1. The summed E-state index contributed by atoms with van der Waals surface area (Å²) in [6, 6.07) is 0. The first-order valence-electron chi connectivity index (χ1n) is 4.95. The van der Waals surface area contributed by atoms with Crippen molar-refractivity contribution in [3.63, 3.8) is 0 Å². The summed E-state index contributed by atoms with van der Waals surface area (Å²) in [7, 11) is 0. The molecular formula is C11H17NO. The van der Waals surface area contributed by atoms with E-state index >= 15 is 0 Å². The van der Waals surface area contributed by atoms with E-state index in [2.05, 4.69) is 18.8 Å². The van der Waals surface area contributed by atoms with Gasteiger partial charge in [0.2, 0.25) is 0 Å². The van der Waals surface area contributed by atoms with Crippen molar-refractivity contribution in [2.45, 2.75) is 33.1 Å². The first-order valence-corrected chi connectivity index (χ1v) is 4.95. The van der Waals surface area contributed by atoms with Crippen molar-refractivity contribution in [1.29, 1.82) is 0 Å². The molecule has 0 N–H and O–H groups in total. The normalized spacial score (nSPS) is 22.9. The molecule has 1 amide bonds. The van der Waals surface area contributed by atoms with Crippen LogP contribution in [0, 0.1) is 17.8 Å². The van der Waals surface area contributed by atoms with Gasteiger partial charge in [0, 0.05) is 13.1 Å². The van der Waals surface area contributed by atoms with Crippen LogP contribution in [0.3, 0.4) is 0 Å². The summed E-state index contributed by atoms with van der Waals surface area (Å²) >= 11 is 0. The summed E-state index contributed by atoms with van der Waals surface area (Å²) in [6.07, 6.45) is 3.61. The SMILES string of the molecule is CC#CC(=O)N1CCCCC(C)C1. The third kappa shape index (κ3) is 3.10. The number of rotatable bonds is 0. The second-order valence-electron chi connectivity index (χ2n) is 3.73. The quantitative estimate of drug-likeness (QED) is 0.518. The smallest absolute Gasteiger partial charge is 0.298 e. The van der Waals surface area contributed by atoms with Gasteiger partial charge >= 0.3 is 0 Å². The number of amides is 1. The highest BCUT2D eigenvalue weighted by Crippen LogP contribution is 2.15. The Balaban J connectivity index is 2.55. The minimum Gasteiger partial charge on any atom is -0.332 e. The van der Waals surface area contributed by atoms with Gasteiger partial charge in [0.15, 0.2) is 0 Å². The van der Waals surface area contributed by atoms with E-state index in [1.807, 2.05) is 4.90 Å². The second-order valence-corrected chi connectivity index (χ2v) is 3.73. The van der Waals surface area contributed by atoms with Crippen LogP contribution >= 0.6 is 0 Å². The van der Waals surface area contributed by atoms with E-state index in [1.54, 1.807) is 6.92 Å². The Kier molecular flexibility index (Phi) is 3.82. The third-order valence-corrected chi connectivity index (χ3v) is 2.43. The van der Waals surface area contributed by atoms with Gasteiger partial charge in [-0.1, -0.05) is 19.3 Å². The summed E-state index contributed by atoms with van der Waals surface area (Å²) in [6.45, 7) is 5.68. The van der Waals surface area contributed by atoms with E-state index in [-0.39, 0.29) is 5.91 Å². The molecular weight excluding hydrogens is 162 g/mol. The average molecular weight is 179 g/mol. The highest BCUT2D eigenvalue weighted by Gasteiger charge is 2.17. The summed E-state index contributed by atoms with van der Waals surface area (Å²) in [4.78, 5) is 13.3. The zero-order valence-corrected chi connectivity index (χ0v) is 8.47. The molecule has 1 aliphatic heterocycles. The number of hydrogen-bond donors (Lipinski definition) is 0. The molecule has 0 bridgehead atoms. The van der Waals surface area contributed by atoms with Crippen molar-refractivity contribution in [2.75, 3.05) is 13.1 Å². The van der Waals surface area contributed by atoms with Crippen molar-refractivity contribution in [1.82, 2.24) is 4.90 Å². The number of carbonyl (C=O) groups excluding carboxylic acids is 1. The fourth-order valence-electron chi connectivity index (χ4n) is 1.72. The van der Waals surface area contributed by atoms with Crippen molar-refractivity contribution >= 4 is 5.91 Å². The van der Waals surface area contributed by atoms with E-state index in [4.69, 9.17) is 0 Å². The van der Waals surface area contributed by atoms with Crippen LogP contribution in [-0.2, 0) is 4.79 Å². The predicted octanol–water partition coefficient (Wildman–Crippen LogP) is 1.66. The van der Waals surface area contributed by atoms with Gasteiger partial charge < -0.3 is 4.90 Å². The Morgan fingerprint density at radius 2 is 2.23 bits per heavy atom. The van der Waals surface area contributed by atoms with Gasteiger partial charge in [0.1, 0.15) is 0 Å². The molecule has 0 aromatic carbocycles. The van der Waals surface area contributed by atoms with Crippen LogP contribution in [0.15, 0.2) is 0 Å². The van der Waals surface area contributed by atoms with Crippen LogP contribution in [0.2, 0.25) is 0 Å². The Bertz CT molecular complexity index is 236. The molecule has 13 heavy (non-hydrogen) atoms. The Labute approximate surface area is 80.3 Å². The molecule has 1 atom stereocenters. The molecule has 0 aromatic rings. The Hall–Kier alpha value is -0.970. The molecule has 0 aliphatic carbocycles. The van der Waals surface area contributed by atoms with Crippen molar-refractivity contribution in [3.05, 3.63) is 0 Å². The monoisotopic (exact) mass is 179 g/mol. The van der Waals surface area contributed by atoms with Gasteiger partial charge in [-0.3, -0.25) is 4.79 Å². The molecule has 0 aromatic heterocycles. The van der Waals surface area contributed by atoms with E-state index in [9.17, 15) is 4.79 Å². The summed E-state index contributed by atoms with van der Waals surface area (Å²) in [5, 5.41) is 0. The van der Waals surface area contributed by atoms with Gasteiger partial charge in [-0.2, -0.15) is 0 Å². The van der Waals surface area contributed by atoms with Gasteiger partial charge in [-0.25, -0.2) is 0 Å². The Morgan fingerprint density at radius 3 is 2.92 bits per heavy atom. The summed E-state index contributed by atoms with van der Waals surface area (Å²) in [5.74, 6) is 5.89. The van der Waals surface area contributed by atoms with Gasteiger partial charge in [-0.15, -0.1) is 0 Å². The molecule has 0 radical (unpaired) electrons. The molecule has 1 rings (SSSR count). The van der Waals surface area contributed by atoms with Gasteiger partial charge in [-0.05, 0) is 31.6 Å². The molecule has 1 heterocycles. The van der Waals surface area contributed by atoms with Crippen LogP contribution in [0.4, 0.5) is 0 Å². The molecule has 1 aliphatic rings. The zero-order valence-electron chi connectivity index (χ0n) is 8.47. The lowest BCUT2D eigenvalue weighted by Gasteiger charge is -2.19. The van der Waals surface area contributed by atoms with E-state index in [0.29, 0.717) is 5.92 Å². The molecule has 2 heteroatoms. The van der Waals surface area contributed by atoms with E-state index < -0.39 is 0 Å². The maximum absolute atomic E-state index is 11.4. The van der Waals surface area contributed by atoms with Crippen molar-refractivity contribution < 1.29 is 4.79 Å². The molecule has 2 nitrogen and oxygen atoms in total. The molecule has 0 saturated carbocycles. The van der Waals surface area contributed by atoms with Crippen LogP contribution in [-0.4, -0.2) is 23.9 Å². The first-order chi connectivity index (χ1) is 6.24. The standard InChI is InChI=1S/C11H17NO/c1-3-6-11(13)12-8-5-4-7-10(2)9-12/h10H,4-5,7-9H2,1-2H3. The number of hydrogen-bond acceptors (Lipinski definition) is 1. The first kappa shape index (κ1) is 10.1. The highest BCUT2D eigenvalue weighted by molar-refractivity contribution is 5.93. The fourth-order valence-corrected chi connectivity index (χ4v) is 1.72. The highest BCUT2D eigenvalue weighted by atomic mass is 16.2. The van der Waals surface area contributed by atoms with Crippen LogP contribution in [0.1, 0.15) is 33.1 Å². The van der Waals surface area contributed by atoms with Gasteiger partial charge in [0.25, 0.3) is 5.91 Å². The average Bonchev–Trinajstić information content (AvgIpc) is 2.30. The second kappa shape index (κ2) is 4.91. The molecule has 1 fully saturated rings. The summed E-state index contributed by atoms with van der Waals surface area (Å²) in [5.41, 5.74) is 0. The lowest BCUT2D eigenvalue weighted by molar-refractivity contribution is -0.125. The summed E-state index contributed by atoms with van der Waals surface area (Å²) < 4.78 is 0. The number of likely N-dealkylation sites (tertiary alicyclic amines) is 1. The van der Waals surface area contributed by atoms with Gasteiger partial charge in [0.05, 0.1) is 0 Å². The van der Waals surface area contributed by atoms with E-state index in [1.165, 1.54) is 12.8 Å². The zero-order chi connectivity index (χ0) is 9.68. The minimum absolute atomic E-state index is 0.00347. The Morgan fingerprint density at radius 1 is 1.46 bits per heavy atom. The molecule has 0 spiro atoms. The fraction of sp³-hybridized carbons (Fsp3) is 0.727. The van der Waals surface area contributed by atoms with E-state index in [0.717, 1.165) is 19.5 Å². The lowest BCUT2D eigenvalue weighted by Crippen LogP contribution is -2.32. The molecule has 1 unspecified atom stereocenters. The lowest BCUT2D eigenvalue weighted by atomic mass is 10.1. The van der Waals surface area contributed by atoms with Crippen LogP contribution in [0.25, 0.3) is 0 Å². The predicted molar refractivity (Wildman–Crippen MR) is 53.0 cm³/mol. The largest absolute Gasteiger partial charge is 0.332 e. The maximum Gasteiger partial charge on any atom is 0.298 e. The third-order valence-electron chi connectivity index (χ3n) is 2.43. The minimum atomic E-state index is -0.00347. The van der Waals surface area contributed by atoms with Crippen LogP contribution < -0.4 is 0 Å². The molecule has 72 valence electrons. The maximum atomic E-state index is 11.4. The van der Waals surface area contributed by atoms with Crippen LogP contribution in [0.5, 0.6) is 0 Å².